The van der Waals surface area contributed by atoms with Gasteiger partial charge in [-0.3, -0.25) is 4.55 Å². The van der Waals surface area contributed by atoms with Crippen molar-refractivity contribution in [1.82, 2.24) is 0 Å². The molecule has 9 heteroatoms. The maximum absolute atomic E-state index is 11.2. The molecule has 0 aromatic heterocycles. The van der Waals surface area contributed by atoms with Gasteiger partial charge in [-0.05, 0) is 4.81 Å². The van der Waals surface area contributed by atoms with Gasteiger partial charge < -0.3 is 10.2 Å². The maximum atomic E-state index is 11.2. The number of aliphatic hydroxyl groups excluding tert-OH is 2. The lowest BCUT2D eigenvalue weighted by Crippen LogP contribution is -2.55. The quantitative estimate of drug-likeness (QED) is 0.278. The van der Waals surface area contributed by atoms with Crippen LogP contribution in [0.3, 0.4) is 0 Å². The van der Waals surface area contributed by atoms with E-state index in [4.69, 9.17) is 24.4 Å². The van der Waals surface area contributed by atoms with E-state index < -0.39 is 20.3 Å². The summed E-state index contributed by atoms with van der Waals surface area (Å²) in [5.74, 6) is 0. The number of rotatable bonds is 9. The van der Waals surface area contributed by atoms with E-state index in [1.165, 1.54) is 7.05 Å². The van der Waals surface area contributed by atoms with Crippen LogP contribution in [0.25, 0.3) is 0 Å². The van der Waals surface area contributed by atoms with Crippen molar-refractivity contribution in [2.45, 2.75) is 18.7 Å². The minimum atomic E-state index is -4.37. The average molecular weight is 274 g/mol. The van der Waals surface area contributed by atoms with E-state index in [0.717, 1.165) is 0 Å². The van der Waals surface area contributed by atoms with E-state index in [-0.39, 0.29) is 32.8 Å². The molecule has 0 aliphatic rings. The minimum Gasteiger partial charge on any atom is -0.394 e. The second-order valence-corrected chi connectivity index (χ2v) is 4.97. The minimum absolute atomic E-state index is 0.0478. The molecule has 3 N–H and O–H groups in total. The van der Waals surface area contributed by atoms with Crippen LogP contribution in [0.4, 0.5) is 0 Å². The number of hydrogen-bond donors (Lipinski definition) is 3. The van der Waals surface area contributed by atoms with Crippen LogP contribution in [0.2, 0.25) is 0 Å². The summed E-state index contributed by atoms with van der Waals surface area (Å²) >= 11 is 0. The highest BCUT2D eigenvalue weighted by Crippen LogP contribution is 2.20. The Hall–Kier alpha value is -0.290. The molecule has 0 rings (SSSR count). The highest BCUT2D eigenvalue weighted by Gasteiger charge is 2.45. The van der Waals surface area contributed by atoms with Crippen LogP contribution in [0.5, 0.6) is 0 Å². The first-order chi connectivity index (χ1) is 7.81. The van der Waals surface area contributed by atoms with Crippen molar-refractivity contribution in [3.05, 3.63) is 0 Å². The molecule has 0 saturated carbocycles. The van der Waals surface area contributed by atoms with Crippen molar-refractivity contribution < 1.29 is 37.7 Å². The predicted octanol–water partition coefficient (Wildman–Crippen LogP) is -1.10. The van der Waals surface area contributed by atoms with Crippen LogP contribution in [0, 0.1) is 0 Å². The monoisotopic (exact) mass is 274 g/mol. The summed E-state index contributed by atoms with van der Waals surface area (Å²) in [5.41, 5.74) is 0. The van der Waals surface area contributed by atoms with E-state index in [1.54, 1.807) is 6.92 Å². The van der Waals surface area contributed by atoms with E-state index in [9.17, 15) is 8.42 Å². The van der Waals surface area contributed by atoms with Crippen molar-refractivity contribution in [3.8, 4) is 0 Å². The molecule has 8 nitrogen and oxygen atoms in total. The molecule has 0 aliphatic carbocycles. The Bertz CT molecular complexity index is 297. The highest BCUT2D eigenvalue weighted by atomic mass is 32.2. The molecule has 104 valence electrons. The lowest BCUT2D eigenvalue weighted by Gasteiger charge is -2.32. The molecule has 0 bridgehead atoms. The van der Waals surface area contributed by atoms with Gasteiger partial charge >= 0.3 is 10.1 Å². The number of quaternary nitrogens is 1. The van der Waals surface area contributed by atoms with Gasteiger partial charge in [0.1, 0.15) is 20.3 Å². The molecule has 17 heavy (non-hydrogen) atoms. The molecule has 0 saturated heterocycles. The third-order valence-electron chi connectivity index (χ3n) is 2.09. The average Bonchev–Trinajstić information content (AvgIpc) is 2.22. The van der Waals surface area contributed by atoms with Crippen molar-refractivity contribution in [2.75, 3.05) is 33.5 Å². The van der Waals surface area contributed by atoms with E-state index in [0.29, 0.717) is 0 Å². The SMILES string of the molecule is CCC([N+](C)(OCCO)OCCO)S(=O)(=O)O. The van der Waals surface area contributed by atoms with Crippen molar-refractivity contribution in [1.29, 1.82) is 0 Å². The second kappa shape index (κ2) is 7.21. The molecule has 0 aromatic rings. The summed E-state index contributed by atoms with van der Waals surface area (Å²) in [6.07, 6.45) is 0.0478. The maximum Gasteiger partial charge on any atom is 0.325 e. The van der Waals surface area contributed by atoms with Crippen LogP contribution in [0.1, 0.15) is 13.3 Å². The zero-order chi connectivity index (χ0) is 13.5. The van der Waals surface area contributed by atoms with E-state index in [2.05, 4.69) is 0 Å². The van der Waals surface area contributed by atoms with E-state index in [1.807, 2.05) is 0 Å². The summed E-state index contributed by atoms with van der Waals surface area (Å²) in [7, 11) is -3.09. The first kappa shape index (κ1) is 16.7. The van der Waals surface area contributed by atoms with E-state index >= 15 is 0 Å². The van der Waals surface area contributed by atoms with Gasteiger partial charge in [0.05, 0.1) is 13.2 Å². The summed E-state index contributed by atoms with van der Waals surface area (Å²) < 4.78 is 31.5. The van der Waals surface area contributed by atoms with Crippen molar-refractivity contribution in [3.63, 3.8) is 0 Å². The molecule has 0 spiro atoms. The fourth-order valence-electron chi connectivity index (χ4n) is 1.43. The van der Waals surface area contributed by atoms with Gasteiger partial charge in [0.15, 0.2) is 0 Å². The Morgan fingerprint density at radius 1 is 1.18 bits per heavy atom. The second-order valence-electron chi connectivity index (χ2n) is 3.40. The number of hydroxylamine groups is 4. The van der Waals surface area contributed by atoms with Gasteiger partial charge in [0, 0.05) is 6.42 Å². The molecular weight excluding hydrogens is 254 g/mol. The number of aliphatic hydroxyl groups is 2. The van der Waals surface area contributed by atoms with Gasteiger partial charge in [0.25, 0.3) is 5.37 Å². The Morgan fingerprint density at radius 2 is 1.59 bits per heavy atom. The third-order valence-corrected chi connectivity index (χ3v) is 3.50. The Kier molecular flexibility index (Phi) is 7.09. The zero-order valence-electron chi connectivity index (χ0n) is 9.94. The molecule has 0 radical (unpaired) electrons. The molecule has 0 aliphatic heterocycles. The molecule has 0 fully saturated rings. The molecule has 0 aromatic carbocycles. The van der Waals surface area contributed by atoms with Crippen LogP contribution in [-0.4, -0.2) is 66.8 Å². The number of nitrogens with zero attached hydrogens (tertiary/aromatic N) is 1. The van der Waals surface area contributed by atoms with Gasteiger partial charge in [-0.1, -0.05) is 6.92 Å². The van der Waals surface area contributed by atoms with Gasteiger partial charge in [0.2, 0.25) is 0 Å². The first-order valence-corrected chi connectivity index (χ1v) is 6.65. The predicted molar refractivity (Wildman–Crippen MR) is 57.9 cm³/mol. The smallest absolute Gasteiger partial charge is 0.325 e. The van der Waals surface area contributed by atoms with Crippen LogP contribution >= 0.6 is 0 Å². The largest absolute Gasteiger partial charge is 0.394 e. The Balaban J connectivity index is 4.97. The molecule has 1 atom stereocenters. The van der Waals surface area contributed by atoms with Crippen molar-refractivity contribution in [2.24, 2.45) is 0 Å². The van der Waals surface area contributed by atoms with Crippen molar-refractivity contribution >= 4 is 10.1 Å². The standard InChI is InChI=1S/C8H19NO7S/c1-3-8(17(12,13)14)9(2,15-6-4-10)16-7-5-11/h8,10-11H,3-7H2,1-2H3/p+1. The van der Waals surface area contributed by atoms with Crippen LogP contribution in [0.15, 0.2) is 0 Å². The molecular formula is C8H20NO7S+. The lowest BCUT2D eigenvalue weighted by atomic mass is 10.5. The third kappa shape index (κ3) is 5.25. The molecule has 0 amide bonds. The highest BCUT2D eigenvalue weighted by molar-refractivity contribution is 7.86. The number of hydrogen-bond acceptors (Lipinski definition) is 6. The summed E-state index contributed by atoms with van der Waals surface area (Å²) in [6, 6.07) is 0. The Labute approximate surface area is 101 Å². The van der Waals surface area contributed by atoms with Gasteiger partial charge in [-0.15, -0.1) is 0 Å². The van der Waals surface area contributed by atoms with Crippen LogP contribution in [-0.2, 0) is 19.8 Å². The lowest BCUT2D eigenvalue weighted by molar-refractivity contribution is -1.24. The summed E-state index contributed by atoms with van der Waals surface area (Å²) in [5, 5.41) is 16.0. The topological polar surface area (TPSA) is 113 Å². The normalized spacial score (nSPS) is 14.9. The summed E-state index contributed by atoms with van der Waals surface area (Å²) in [6.45, 7) is 0.581. The van der Waals surface area contributed by atoms with Crippen LogP contribution < -0.4 is 0 Å². The first-order valence-electron chi connectivity index (χ1n) is 5.15. The molecule has 1 unspecified atom stereocenters. The zero-order valence-corrected chi connectivity index (χ0v) is 10.8. The fraction of sp³-hybridized carbons (Fsp3) is 1.00. The fourth-order valence-corrected chi connectivity index (χ4v) is 2.46. The van der Waals surface area contributed by atoms with Gasteiger partial charge in [-0.2, -0.15) is 18.1 Å². The Morgan fingerprint density at radius 3 is 1.82 bits per heavy atom. The van der Waals surface area contributed by atoms with Gasteiger partial charge in [-0.25, -0.2) is 0 Å². The summed E-state index contributed by atoms with van der Waals surface area (Å²) in [4.78, 5) is 9.27. The molecule has 0 heterocycles.